The van der Waals surface area contributed by atoms with Gasteiger partial charge in [0.05, 0.1) is 17.5 Å². The topological polar surface area (TPSA) is 109 Å². The Hall–Kier alpha value is -3.17. The first kappa shape index (κ1) is 21.5. The third-order valence-corrected chi connectivity index (χ3v) is 6.53. The monoisotopic (exact) mass is 429 g/mol. The van der Waals surface area contributed by atoms with E-state index in [0.29, 0.717) is 28.8 Å². The van der Waals surface area contributed by atoms with Crippen LogP contribution in [-0.2, 0) is 16.4 Å². The lowest BCUT2D eigenvalue weighted by molar-refractivity contribution is 0.0954. The normalized spacial score (nSPS) is 11.6. The van der Waals surface area contributed by atoms with E-state index in [4.69, 9.17) is 4.74 Å². The Morgan fingerprint density at radius 2 is 1.80 bits per heavy atom. The smallest absolute Gasteiger partial charge is 0.251 e. The van der Waals surface area contributed by atoms with Crippen LogP contribution in [0.3, 0.4) is 0 Å². The molecule has 2 aromatic carbocycles. The molecule has 3 rings (SSSR count). The molecule has 0 bridgehead atoms. The molecule has 0 aliphatic heterocycles. The molecule has 0 saturated heterocycles. The van der Waals surface area contributed by atoms with E-state index in [9.17, 15) is 18.0 Å². The number of ether oxygens (including phenoxy) is 1. The predicted molar refractivity (Wildman–Crippen MR) is 114 cm³/mol. The van der Waals surface area contributed by atoms with Crippen LogP contribution in [0.15, 0.2) is 58.2 Å². The van der Waals surface area contributed by atoms with Gasteiger partial charge in [-0.1, -0.05) is 0 Å². The molecule has 1 heterocycles. The molecule has 9 heteroatoms. The third kappa shape index (κ3) is 4.52. The zero-order valence-corrected chi connectivity index (χ0v) is 17.7. The van der Waals surface area contributed by atoms with Crippen LogP contribution in [0.5, 0.6) is 5.75 Å². The molecule has 1 aromatic heterocycles. The van der Waals surface area contributed by atoms with E-state index in [-0.39, 0.29) is 22.9 Å². The molecule has 0 atom stereocenters. The van der Waals surface area contributed by atoms with Crippen molar-refractivity contribution in [2.75, 3.05) is 27.7 Å². The van der Waals surface area contributed by atoms with Crippen molar-refractivity contribution in [1.82, 2.24) is 14.6 Å². The maximum Gasteiger partial charge on any atom is 0.251 e. The van der Waals surface area contributed by atoms with Gasteiger partial charge in [0, 0.05) is 37.8 Å². The lowest BCUT2D eigenvalue weighted by Gasteiger charge is -2.11. The number of aromatic amines is 1. The quantitative estimate of drug-likeness (QED) is 0.595. The first-order chi connectivity index (χ1) is 14.2. The Kier molecular flexibility index (Phi) is 6.23. The minimum atomic E-state index is -3.54. The zero-order chi connectivity index (χ0) is 21.9. The Bertz CT molecular complexity index is 1230. The Morgan fingerprint density at radius 1 is 1.10 bits per heavy atom. The summed E-state index contributed by atoms with van der Waals surface area (Å²) in [5, 5.41) is 3.62. The van der Waals surface area contributed by atoms with Crippen molar-refractivity contribution in [2.45, 2.75) is 11.3 Å². The number of carbonyl (C=O) groups excluding carboxylic acids is 1. The summed E-state index contributed by atoms with van der Waals surface area (Å²) in [7, 11) is 0.907. The number of aromatic nitrogens is 1. The minimum Gasteiger partial charge on any atom is -0.497 e. The molecule has 0 aliphatic rings. The highest BCUT2D eigenvalue weighted by Crippen LogP contribution is 2.18. The summed E-state index contributed by atoms with van der Waals surface area (Å²) in [4.78, 5) is 27.6. The molecule has 0 unspecified atom stereocenters. The fraction of sp³-hybridized carbons (Fsp3) is 0.238. The summed E-state index contributed by atoms with van der Waals surface area (Å²) in [5.74, 6) is 0.313. The van der Waals surface area contributed by atoms with E-state index in [1.165, 1.54) is 38.4 Å². The van der Waals surface area contributed by atoms with Crippen molar-refractivity contribution >= 4 is 26.8 Å². The van der Waals surface area contributed by atoms with Gasteiger partial charge in [-0.15, -0.1) is 0 Å². The van der Waals surface area contributed by atoms with Gasteiger partial charge < -0.3 is 15.0 Å². The van der Waals surface area contributed by atoms with E-state index in [0.717, 1.165) is 9.69 Å². The minimum absolute atomic E-state index is 0.114. The van der Waals surface area contributed by atoms with Crippen LogP contribution >= 0.6 is 0 Å². The second-order valence-electron chi connectivity index (χ2n) is 6.89. The van der Waals surface area contributed by atoms with Crippen LogP contribution in [0.25, 0.3) is 10.9 Å². The zero-order valence-electron chi connectivity index (χ0n) is 16.9. The largest absolute Gasteiger partial charge is 0.497 e. The van der Waals surface area contributed by atoms with Crippen molar-refractivity contribution in [1.29, 1.82) is 0 Å². The summed E-state index contributed by atoms with van der Waals surface area (Å²) in [6.07, 6.45) is 0.357. The molecule has 3 aromatic rings. The molecule has 158 valence electrons. The van der Waals surface area contributed by atoms with Crippen molar-refractivity contribution in [3.63, 3.8) is 0 Å². The number of amides is 1. The summed E-state index contributed by atoms with van der Waals surface area (Å²) < 4.78 is 30.4. The molecule has 0 saturated carbocycles. The number of carbonyl (C=O) groups is 1. The van der Waals surface area contributed by atoms with Crippen molar-refractivity contribution < 1.29 is 17.9 Å². The lowest BCUT2D eigenvalue weighted by Crippen LogP contribution is -2.27. The third-order valence-electron chi connectivity index (χ3n) is 4.71. The lowest BCUT2D eigenvalue weighted by atomic mass is 10.1. The van der Waals surface area contributed by atoms with Crippen LogP contribution < -0.4 is 15.6 Å². The first-order valence-corrected chi connectivity index (χ1v) is 10.7. The number of hydrogen-bond acceptors (Lipinski definition) is 5. The van der Waals surface area contributed by atoms with Gasteiger partial charge in [0.25, 0.3) is 11.5 Å². The average molecular weight is 429 g/mol. The van der Waals surface area contributed by atoms with E-state index < -0.39 is 10.0 Å². The summed E-state index contributed by atoms with van der Waals surface area (Å²) in [6.45, 7) is 0.265. The first-order valence-electron chi connectivity index (χ1n) is 9.23. The van der Waals surface area contributed by atoms with Crippen molar-refractivity contribution in [3.05, 3.63) is 70.0 Å². The van der Waals surface area contributed by atoms with E-state index >= 15 is 0 Å². The molecule has 2 N–H and O–H groups in total. The molecule has 0 fully saturated rings. The van der Waals surface area contributed by atoms with Gasteiger partial charge in [-0.3, -0.25) is 9.59 Å². The highest BCUT2D eigenvalue weighted by Gasteiger charge is 2.17. The number of rotatable bonds is 7. The summed E-state index contributed by atoms with van der Waals surface area (Å²) in [5.41, 5.74) is 1.36. The number of methoxy groups -OCH3 is 1. The number of pyridine rings is 1. The number of sulfonamides is 1. The van der Waals surface area contributed by atoms with Gasteiger partial charge in [0.15, 0.2) is 0 Å². The van der Waals surface area contributed by atoms with Crippen LogP contribution in [0.4, 0.5) is 0 Å². The van der Waals surface area contributed by atoms with E-state index in [1.807, 2.05) is 12.1 Å². The van der Waals surface area contributed by atoms with Gasteiger partial charge in [-0.05, 0) is 54.3 Å². The van der Waals surface area contributed by atoms with Gasteiger partial charge >= 0.3 is 0 Å². The number of benzene rings is 2. The number of H-pyrrole nitrogens is 1. The van der Waals surface area contributed by atoms with Crippen molar-refractivity contribution in [3.8, 4) is 5.75 Å². The fourth-order valence-corrected chi connectivity index (χ4v) is 3.84. The Labute approximate surface area is 174 Å². The molecule has 0 radical (unpaired) electrons. The molecular weight excluding hydrogens is 406 g/mol. The Morgan fingerprint density at radius 3 is 2.43 bits per heavy atom. The van der Waals surface area contributed by atoms with Crippen LogP contribution in [-0.4, -0.2) is 51.4 Å². The molecule has 1 amide bonds. The molecule has 30 heavy (non-hydrogen) atoms. The highest BCUT2D eigenvalue weighted by atomic mass is 32.2. The fourth-order valence-electron chi connectivity index (χ4n) is 2.94. The number of nitrogens with zero attached hydrogens (tertiary/aromatic N) is 1. The maximum absolute atomic E-state index is 12.3. The molecule has 0 aliphatic carbocycles. The van der Waals surface area contributed by atoms with Gasteiger partial charge in [-0.2, -0.15) is 0 Å². The van der Waals surface area contributed by atoms with Crippen molar-refractivity contribution in [2.24, 2.45) is 0 Å². The average Bonchev–Trinajstić information content (AvgIpc) is 2.73. The molecule has 0 spiro atoms. The van der Waals surface area contributed by atoms with Crippen LogP contribution in [0, 0.1) is 0 Å². The van der Waals surface area contributed by atoms with Crippen LogP contribution in [0.2, 0.25) is 0 Å². The van der Waals surface area contributed by atoms with Gasteiger partial charge in [-0.25, -0.2) is 12.7 Å². The molecule has 8 nitrogen and oxygen atoms in total. The highest BCUT2D eigenvalue weighted by molar-refractivity contribution is 7.89. The van der Waals surface area contributed by atoms with Crippen LogP contribution in [0.1, 0.15) is 15.9 Å². The second-order valence-corrected chi connectivity index (χ2v) is 9.05. The summed E-state index contributed by atoms with van der Waals surface area (Å²) >= 11 is 0. The predicted octanol–water partition coefficient (Wildman–Crippen LogP) is 1.76. The maximum atomic E-state index is 12.3. The Balaban J connectivity index is 1.66. The van der Waals surface area contributed by atoms with E-state index in [2.05, 4.69) is 10.3 Å². The van der Waals surface area contributed by atoms with Gasteiger partial charge in [0.2, 0.25) is 10.0 Å². The number of nitrogens with one attached hydrogen (secondary N) is 2. The van der Waals surface area contributed by atoms with Gasteiger partial charge in [0.1, 0.15) is 5.75 Å². The molecular formula is C21H23N3O5S. The SMILES string of the molecule is COc1ccc2cc(CCNC(=O)c3ccc(S(=O)(=O)N(C)C)cc3)c(=O)[nH]c2c1. The summed E-state index contributed by atoms with van der Waals surface area (Å²) in [6, 6.07) is 12.9. The number of hydrogen-bond donors (Lipinski definition) is 2. The number of fused-ring (bicyclic) bond motifs is 1. The second kappa shape index (κ2) is 8.68. The standard InChI is InChI=1S/C21H23N3O5S/c1-24(2)30(27,28)18-8-5-14(6-9-18)20(25)22-11-10-16-12-15-4-7-17(29-3)13-19(15)23-21(16)26/h4-9,12-13H,10-11H2,1-3H3,(H,22,25)(H,23,26). The van der Waals surface area contributed by atoms with E-state index in [1.54, 1.807) is 19.2 Å².